The number of rotatable bonds is 2. The second kappa shape index (κ2) is 12.0. The molecule has 13 nitrogen and oxygen atoms in total. The fourth-order valence-corrected chi connectivity index (χ4v) is 11.5. The maximum absolute atomic E-state index is 12.7. The quantitative estimate of drug-likeness (QED) is 0.193. The van der Waals surface area contributed by atoms with Gasteiger partial charge in [-0.2, -0.15) is 8.42 Å². The number of halogens is 1. The third kappa shape index (κ3) is 4.94. The van der Waals surface area contributed by atoms with Crippen LogP contribution in [-0.4, -0.2) is 116 Å². The summed E-state index contributed by atoms with van der Waals surface area (Å²) in [5, 5.41) is 42.9. The number of carbonyl (C=O) groups excluding carboxylic acids is 1. The largest absolute Gasteiger partial charge is 0.504 e. The number of likely N-dealkylation sites (tertiary alicyclic amines) is 2. The van der Waals surface area contributed by atoms with Gasteiger partial charge in [-0.15, -0.1) is 12.4 Å². The lowest BCUT2D eigenvalue weighted by molar-refractivity contribution is -0.188. The van der Waals surface area contributed by atoms with Crippen LogP contribution in [0.1, 0.15) is 60.8 Å². The lowest BCUT2D eigenvalue weighted by Gasteiger charge is -2.62. The highest BCUT2D eigenvalue weighted by Gasteiger charge is 2.73. The number of phenolic OH excluding ortho intramolecular Hbond substituents is 2. The summed E-state index contributed by atoms with van der Waals surface area (Å²) in [6, 6.07) is 7.92. The molecule has 4 aliphatic heterocycles. The number of aliphatic hydroxyl groups is 2. The number of phenols is 2. The molecule has 5 aliphatic carbocycles. The molecule has 4 bridgehead atoms. The summed E-state index contributed by atoms with van der Waals surface area (Å²) in [7, 11) is -2.48. The fraction of sp³-hybridized carbons (Fsp3) is 0.595. The van der Waals surface area contributed by atoms with E-state index >= 15 is 0 Å². The normalized spacial score (nSPS) is 38.2. The fourth-order valence-electron chi connectivity index (χ4n) is 11.5. The van der Waals surface area contributed by atoms with Gasteiger partial charge in [0, 0.05) is 47.5 Å². The molecular weight excluding hydrogens is 716 g/mol. The first kappa shape index (κ1) is 36.0. The number of carbonyl (C=O) groups is 1. The average Bonchev–Trinajstić information content (AvgIpc) is 3.70. The molecule has 9 atom stereocenters. The lowest BCUT2D eigenvalue weighted by atomic mass is 9.49. The molecule has 2 aromatic carbocycles. The van der Waals surface area contributed by atoms with E-state index in [9.17, 15) is 25.2 Å². The number of ether oxygens (including phenoxy) is 2. The Kier molecular flexibility index (Phi) is 8.34. The van der Waals surface area contributed by atoms with Gasteiger partial charge < -0.3 is 34.8 Å². The Morgan fingerprint density at radius 3 is 2.23 bits per heavy atom. The number of piperidine rings is 2. The average molecular weight is 761 g/mol. The Morgan fingerprint density at radius 2 is 1.56 bits per heavy atom. The Labute approximate surface area is 308 Å². The van der Waals surface area contributed by atoms with Gasteiger partial charge in [-0.25, -0.2) is 0 Å². The van der Waals surface area contributed by atoms with E-state index in [1.54, 1.807) is 12.1 Å². The van der Waals surface area contributed by atoms with E-state index in [1.165, 1.54) is 24.0 Å². The summed E-state index contributed by atoms with van der Waals surface area (Å²) in [5.74, 6) is 2.58. The molecule has 0 aromatic heterocycles. The van der Waals surface area contributed by atoms with Crippen LogP contribution in [0.25, 0.3) is 0 Å². The van der Waals surface area contributed by atoms with Crippen molar-refractivity contribution in [2.24, 2.45) is 11.8 Å². The zero-order chi connectivity index (χ0) is 35.8. The Balaban J connectivity index is 0.000000131. The van der Waals surface area contributed by atoms with E-state index in [0.717, 1.165) is 62.4 Å². The molecule has 2 spiro atoms. The van der Waals surface area contributed by atoms with Gasteiger partial charge in [-0.05, 0) is 94.3 Å². The smallest absolute Gasteiger partial charge is 0.394 e. The van der Waals surface area contributed by atoms with E-state index in [4.69, 9.17) is 27.0 Å². The predicted octanol–water partition coefficient (Wildman–Crippen LogP) is 2.49. The van der Waals surface area contributed by atoms with Gasteiger partial charge in [0.15, 0.2) is 34.9 Å². The molecule has 0 unspecified atom stereocenters. The molecule has 6 N–H and O–H groups in total. The summed E-state index contributed by atoms with van der Waals surface area (Å²) in [6.07, 6.45) is 9.51. The van der Waals surface area contributed by atoms with Crippen LogP contribution in [0.4, 0.5) is 0 Å². The Bertz CT molecular complexity index is 1970. The van der Waals surface area contributed by atoms with Crippen LogP contribution >= 0.6 is 12.4 Å². The zero-order valence-electron chi connectivity index (χ0n) is 28.7. The van der Waals surface area contributed by atoms with Crippen LogP contribution in [0.15, 0.2) is 36.4 Å². The van der Waals surface area contributed by atoms with Gasteiger partial charge >= 0.3 is 10.4 Å². The number of aromatic hydroxyl groups is 2. The summed E-state index contributed by atoms with van der Waals surface area (Å²) in [6.45, 7) is 2.96. The van der Waals surface area contributed by atoms with Gasteiger partial charge in [0.1, 0.15) is 12.2 Å². The van der Waals surface area contributed by atoms with Crippen LogP contribution < -0.4 is 9.47 Å². The second-order valence-corrected chi connectivity index (χ2v) is 17.0. The maximum Gasteiger partial charge on any atom is 0.394 e. The van der Waals surface area contributed by atoms with E-state index in [-0.39, 0.29) is 47.3 Å². The molecule has 9 aliphatic rings. The minimum absolute atomic E-state index is 0. The van der Waals surface area contributed by atoms with Gasteiger partial charge in [0.2, 0.25) is 0 Å². The number of hydrogen-bond donors (Lipinski definition) is 6. The minimum Gasteiger partial charge on any atom is -0.504 e. The molecule has 52 heavy (non-hydrogen) atoms. The molecular formula is C37H45ClN2O11S. The van der Waals surface area contributed by atoms with Crippen molar-refractivity contribution in [3.8, 4) is 23.0 Å². The molecule has 0 radical (unpaired) electrons. The SMILES string of the molecule is CN1CC[C@]23c4c5ccc(O)c4O[C@H]2[C@@H](O)C=C[C@H]3[C@H]1C5.Cl.O=C1CC[C@@]2(O)[C@H]3Cc4ccc(O)c5c4[C@@]2(CCN3CC2CC2)[C@H]1O5.O=S(=O)(O)O. The highest BCUT2D eigenvalue weighted by atomic mass is 35.5. The molecule has 4 heterocycles. The second-order valence-electron chi connectivity index (χ2n) is 16.1. The van der Waals surface area contributed by atoms with Crippen molar-refractivity contribution in [3.63, 3.8) is 0 Å². The zero-order valence-corrected chi connectivity index (χ0v) is 30.4. The van der Waals surface area contributed by atoms with Crippen molar-refractivity contribution >= 4 is 28.6 Å². The van der Waals surface area contributed by atoms with Gasteiger partial charge in [0.05, 0.1) is 11.0 Å². The molecule has 0 amide bonds. The number of hydrogen-bond acceptors (Lipinski definition) is 11. The molecule has 11 rings (SSSR count). The summed E-state index contributed by atoms with van der Waals surface area (Å²) in [4.78, 5) is 17.6. The van der Waals surface area contributed by atoms with E-state index in [2.05, 4.69) is 22.9 Å². The first-order valence-corrected chi connectivity index (χ1v) is 19.4. The number of aliphatic hydroxyl groups excluding tert-OH is 1. The number of benzene rings is 2. The van der Waals surface area contributed by atoms with Gasteiger partial charge in [-0.3, -0.25) is 18.8 Å². The van der Waals surface area contributed by atoms with Crippen LogP contribution in [0.3, 0.4) is 0 Å². The number of nitrogens with zero attached hydrogens (tertiary/aromatic N) is 2. The highest BCUT2D eigenvalue weighted by molar-refractivity contribution is 7.79. The van der Waals surface area contributed by atoms with Crippen molar-refractivity contribution in [1.29, 1.82) is 0 Å². The van der Waals surface area contributed by atoms with E-state index in [0.29, 0.717) is 36.3 Å². The predicted molar refractivity (Wildman–Crippen MR) is 189 cm³/mol. The standard InChI is InChI=1S/C20H23NO4.C17H19NO3.ClH.H2O4S/c22-13-4-3-12-9-15-20(24)6-5-14(23)18-19(20,16(12)17(13)25-18)7-8-21(15)10-11-1-2-11;1-18-7-6-17-10-3-5-13(20)16(17)21-15-12(19)4-2-9(14(15)17)8-11(10)18;;1-5(2,3)4/h3-4,11,15,18,22,24H,1-2,5-10H2;2-5,10-11,13,16,19-20H,6-8H2,1H3;1H;(H2,1,2,3,4)/t15-,18+,19+,20-;10-,11+,13-,16-,17-;;/m10../s1. The lowest BCUT2D eigenvalue weighted by Crippen LogP contribution is -2.76. The highest BCUT2D eigenvalue weighted by Crippen LogP contribution is 2.65. The summed E-state index contributed by atoms with van der Waals surface area (Å²) in [5.41, 5.74) is 2.74. The number of ketones is 1. The topological polar surface area (TPSA) is 198 Å². The monoisotopic (exact) mass is 760 g/mol. The van der Waals surface area contributed by atoms with Crippen LogP contribution in [0.2, 0.25) is 0 Å². The molecule has 4 fully saturated rings. The van der Waals surface area contributed by atoms with Gasteiger partial charge in [0.25, 0.3) is 0 Å². The summed E-state index contributed by atoms with van der Waals surface area (Å²) >= 11 is 0. The van der Waals surface area contributed by atoms with Crippen molar-refractivity contribution in [2.45, 2.75) is 98.2 Å². The van der Waals surface area contributed by atoms with Crippen molar-refractivity contribution in [1.82, 2.24) is 9.80 Å². The minimum atomic E-state index is -4.67. The third-order valence-electron chi connectivity index (χ3n) is 13.7. The van der Waals surface area contributed by atoms with E-state index < -0.39 is 33.6 Å². The van der Waals surface area contributed by atoms with Gasteiger partial charge in [-0.1, -0.05) is 24.3 Å². The molecule has 15 heteroatoms. The molecule has 2 saturated carbocycles. The first-order chi connectivity index (χ1) is 24.2. The number of Topliss-reactive ketones (excluding diaryl/α,β-unsaturated/α-hetero) is 1. The Morgan fingerprint density at radius 1 is 0.904 bits per heavy atom. The third-order valence-corrected chi connectivity index (χ3v) is 13.7. The maximum atomic E-state index is 12.7. The van der Waals surface area contributed by atoms with Crippen molar-refractivity contribution < 1.29 is 52.2 Å². The van der Waals surface area contributed by atoms with Crippen molar-refractivity contribution in [2.75, 3.05) is 26.7 Å². The van der Waals surface area contributed by atoms with Crippen molar-refractivity contribution in [3.05, 3.63) is 58.7 Å². The first-order valence-electron chi connectivity index (χ1n) is 18.0. The molecule has 282 valence electrons. The summed E-state index contributed by atoms with van der Waals surface area (Å²) < 4.78 is 43.7. The molecule has 2 saturated heterocycles. The molecule has 2 aromatic rings. The van der Waals surface area contributed by atoms with Crippen LogP contribution in [0, 0.1) is 11.8 Å². The van der Waals surface area contributed by atoms with Crippen LogP contribution in [0.5, 0.6) is 23.0 Å². The van der Waals surface area contributed by atoms with Crippen LogP contribution in [-0.2, 0) is 38.9 Å². The Hall–Kier alpha value is -2.95. The number of likely N-dealkylation sites (N-methyl/N-ethyl adjacent to an activating group) is 1. The van der Waals surface area contributed by atoms with E-state index in [1.807, 2.05) is 18.2 Å².